The van der Waals surface area contributed by atoms with Crippen molar-refractivity contribution in [2.45, 2.75) is 6.43 Å². The third kappa shape index (κ3) is 2.33. The molecule has 0 radical (unpaired) electrons. The predicted molar refractivity (Wildman–Crippen MR) is 48.8 cm³/mol. The molecule has 15 heavy (non-hydrogen) atoms. The minimum absolute atomic E-state index is 0.363. The lowest BCUT2D eigenvalue weighted by Gasteiger charge is -2.09. The highest BCUT2D eigenvalue weighted by Crippen LogP contribution is 2.30. The van der Waals surface area contributed by atoms with Crippen molar-refractivity contribution < 1.29 is 18.3 Å². The molecule has 82 valence electrons. The van der Waals surface area contributed by atoms with E-state index in [1.54, 1.807) is 0 Å². The van der Waals surface area contributed by atoms with Gasteiger partial charge in [-0.3, -0.25) is 9.59 Å². The van der Waals surface area contributed by atoms with E-state index in [-0.39, 0.29) is 5.75 Å². The Morgan fingerprint density at radius 3 is 2.60 bits per heavy atom. The van der Waals surface area contributed by atoms with E-state index in [9.17, 15) is 18.4 Å². The van der Waals surface area contributed by atoms with Crippen LogP contribution in [0.5, 0.6) is 5.75 Å². The summed E-state index contributed by atoms with van der Waals surface area (Å²) in [6.45, 7) is 0. The standard InChI is InChI=1S/C8H6ClF2NO3/c1-15-3-2-4(13)12-6(7(9)14)5(3)8(10)11/h2,8H,1H3,(H,12,13). The second kappa shape index (κ2) is 4.39. The van der Waals surface area contributed by atoms with E-state index >= 15 is 0 Å². The molecule has 0 unspecified atom stereocenters. The van der Waals surface area contributed by atoms with Gasteiger partial charge in [0.2, 0.25) is 0 Å². The lowest BCUT2D eigenvalue weighted by Crippen LogP contribution is -2.14. The van der Waals surface area contributed by atoms with Gasteiger partial charge in [-0.15, -0.1) is 0 Å². The zero-order chi connectivity index (χ0) is 11.6. The highest BCUT2D eigenvalue weighted by atomic mass is 35.5. The molecule has 7 heteroatoms. The monoisotopic (exact) mass is 237 g/mol. The van der Waals surface area contributed by atoms with E-state index in [1.165, 1.54) is 0 Å². The number of pyridine rings is 1. The third-order valence-electron chi connectivity index (χ3n) is 1.68. The quantitative estimate of drug-likeness (QED) is 0.814. The van der Waals surface area contributed by atoms with Crippen LogP contribution in [-0.2, 0) is 0 Å². The Bertz CT molecular complexity index is 444. The number of nitrogens with one attached hydrogen (secondary N) is 1. The summed E-state index contributed by atoms with van der Waals surface area (Å²) in [7, 11) is 1.11. The Morgan fingerprint density at radius 1 is 1.60 bits per heavy atom. The van der Waals surface area contributed by atoms with E-state index in [1.807, 2.05) is 4.98 Å². The van der Waals surface area contributed by atoms with Gasteiger partial charge in [-0.25, -0.2) is 8.78 Å². The predicted octanol–water partition coefficient (Wildman–Crippen LogP) is 1.70. The molecule has 0 aliphatic carbocycles. The summed E-state index contributed by atoms with van der Waals surface area (Å²) >= 11 is 5.06. The van der Waals surface area contributed by atoms with Crippen molar-refractivity contribution in [3.8, 4) is 5.75 Å². The number of aromatic amines is 1. The molecule has 0 amide bonds. The topological polar surface area (TPSA) is 59.2 Å². The maximum atomic E-state index is 12.6. The van der Waals surface area contributed by atoms with Gasteiger partial charge in [-0.05, 0) is 11.6 Å². The van der Waals surface area contributed by atoms with Crippen LogP contribution in [0.4, 0.5) is 8.78 Å². The number of aromatic nitrogens is 1. The summed E-state index contributed by atoms with van der Waals surface area (Å²) in [5.74, 6) is -0.363. The van der Waals surface area contributed by atoms with Crippen LogP contribution in [0.25, 0.3) is 0 Å². The van der Waals surface area contributed by atoms with Crippen molar-refractivity contribution in [1.82, 2.24) is 4.98 Å². The first-order valence-corrected chi connectivity index (χ1v) is 4.14. The first-order valence-electron chi connectivity index (χ1n) is 3.76. The molecule has 1 aromatic rings. The van der Waals surface area contributed by atoms with Gasteiger partial charge < -0.3 is 9.72 Å². The van der Waals surface area contributed by atoms with Gasteiger partial charge >= 0.3 is 0 Å². The fourth-order valence-electron chi connectivity index (χ4n) is 1.09. The third-order valence-corrected chi connectivity index (χ3v) is 1.87. The molecule has 1 aromatic heterocycles. The Kier molecular flexibility index (Phi) is 3.41. The highest BCUT2D eigenvalue weighted by Gasteiger charge is 2.23. The number of alkyl halides is 2. The van der Waals surface area contributed by atoms with Crippen LogP contribution < -0.4 is 10.3 Å². The summed E-state index contributed by atoms with van der Waals surface area (Å²) in [5.41, 5.74) is -2.09. The number of hydrogen-bond acceptors (Lipinski definition) is 3. The smallest absolute Gasteiger partial charge is 0.269 e. The molecule has 0 saturated carbocycles. The van der Waals surface area contributed by atoms with Crippen LogP contribution in [-0.4, -0.2) is 17.3 Å². The number of carbonyl (C=O) groups is 1. The molecule has 4 nitrogen and oxygen atoms in total. The Balaban J connectivity index is 3.54. The summed E-state index contributed by atoms with van der Waals surface area (Å²) < 4.78 is 29.7. The Hall–Kier alpha value is -1.43. The van der Waals surface area contributed by atoms with Crippen molar-refractivity contribution in [2.24, 2.45) is 0 Å². The van der Waals surface area contributed by atoms with Crippen molar-refractivity contribution >= 4 is 16.8 Å². The van der Waals surface area contributed by atoms with Gasteiger partial charge in [0.15, 0.2) is 0 Å². The molecule has 0 aromatic carbocycles. The van der Waals surface area contributed by atoms with Gasteiger partial charge in [0.25, 0.3) is 17.2 Å². The molecule has 1 N–H and O–H groups in total. The molecule has 0 saturated heterocycles. The number of H-pyrrole nitrogens is 1. The van der Waals surface area contributed by atoms with Gasteiger partial charge in [0.05, 0.1) is 12.7 Å². The SMILES string of the molecule is COc1cc(=O)[nH]c(C(=O)Cl)c1C(F)F. The lowest BCUT2D eigenvalue weighted by molar-refractivity contribution is 0.105. The fraction of sp³-hybridized carbons (Fsp3) is 0.250. The van der Waals surface area contributed by atoms with E-state index in [4.69, 9.17) is 11.6 Å². The van der Waals surface area contributed by atoms with Crippen molar-refractivity contribution in [2.75, 3.05) is 7.11 Å². The highest BCUT2D eigenvalue weighted by molar-refractivity contribution is 6.67. The second-order valence-corrected chi connectivity index (χ2v) is 2.91. The van der Waals surface area contributed by atoms with E-state index < -0.39 is 28.5 Å². The van der Waals surface area contributed by atoms with Crippen LogP contribution >= 0.6 is 11.6 Å². The van der Waals surface area contributed by atoms with Crippen molar-refractivity contribution in [1.29, 1.82) is 0 Å². The Labute approximate surface area is 87.8 Å². The zero-order valence-corrected chi connectivity index (χ0v) is 8.27. The van der Waals surface area contributed by atoms with Crippen molar-refractivity contribution in [3.05, 3.63) is 27.7 Å². The molecule has 0 fully saturated rings. The zero-order valence-electron chi connectivity index (χ0n) is 7.51. The minimum atomic E-state index is -2.96. The first-order chi connectivity index (χ1) is 6.97. The van der Waals surface area contributed by atoms with Crippen LogP contribution in [0.15, 0.2) is 10.9 Å². The number of halogens is 3. The summed E-state index contributed by atoms with van der Waals surface area (Å²) in [6.07, 6.45) is -2.96. The molecular weight excluding hydrogens is 232 g/mol. The van der Waals surface area contributed by atoms with E-state index in [0.717, 1.165) is 13.2 Å². The molecular formula is C8H6ClF2NO3. The summed E-state index contributed by atoms with van der Waals surface area (Å²) in [6, 6.07) is 0.824. The van der Waals surface area contributed by atoms with Crippen LogP contribution in [0.3, 0.4) is 0 Å². The fourth-order valence-corrected chi connectivity index (χ4v) is 1.24. The van der Waals surface area contributed by atoms with Crippen LogP contribution in [0, 0.1) is 0 Å². The number of methoxy groups -OCH3 is 1. The molecule has 0 spiro atoms. The number of carbonyl (C=O) groups excluding carboxylic acids is 1. The minimum Gasteiger partial charge on any atom is -0.496 e. The van der Waals surface area contributed by atoms with Gasteiger partial charge in [-0.1, -0.05) is 0 Å². The van der Waals surface area contributed by atoms with Crippen molar-refractivity contribution in [3.63, 3.8) is 0 Å². The van der Waals surface area contributed by atoms with Gasteiger partial charge in [-0.2, -0.15) is 0 Å². The molecule has 0 atom stereocenters. The number of rotatable bonds is 3. The molecule has 0 aliphatic heterocycles. The second-order valence-electron chi connectivity index (χ2n) is 2.57. The van der Waals surface area contributed by atoms with Gasteiger partial charge in [0.1, 0.15) is 11.4 Å². The van der Waals surface area contributed by atoms with Gasteiger partial charge in [0, 0.05) is 6.07 Å². The summed E-state index contributed by atoms with van der Waals surface area (Å²) in [4.78, 5) is 23.7. The summed E-state index contributed by atoms with van der Waals surface area (Å²) in [5, 5.41) is -1.17. The molecule has 0 bridgehead atoms. The number of ether oxygens (including phenoxy) is 1. The van der Waals surface area contributed by atoms with Crippen LogP contribution in [0.1, 0.15) is 22.5 Å². The maximum Gasteiger partial charge on any atom is 0.269 e. The first kappa shape index (κ1) is 11.6. The number of hydrogen-bond donors (Lipinski definition) is 1. The molecule has 1 rings (SSSR count). The molecule has 1 heterocycles. The average molecular weight is 238 g/mol. The van der Waals surface area contributed by atoms with Crippen LogP contribution in [0.2, 0.25) is 0 Å². The normalized spacial score (nSPS) is 10.5. The van der Waals surface area contributed by atoms with E-state index in [0.29, 0.717) is 0 Å². The van der Waals surface area contributed by atoms with E-state index in [2.05, 4.69) is 4.74 Å². The average Bonchev–Trinajstić information content (AvgIpc) is 2.15. The maximum absolute atomic E-state index is 12.6. The lowest BCUT2D eigenvalue weighted by atomic mass is 10.2. The Morgan fingerprint density at radius 2 is 2.20 bits per heavy atom. The largest absolute Gasteiger partial charge is 0.496 e. The molecule has 0 aliphatic rings.